The molecule has 1 aromatic carbocycles. The second-order valence-corrected chi connectivity index (χ2v) is 8.74. The van der Waals surface area contributed by atoms with E-state index in [1.807, 2.05) is 6.07 Å². The predicted molar refractivity (Wildman–Crippen MR) is 114 cm³/mol. The van der Waals surface area contributed by atoms with Crippen LogP contribution in [0.1, 0.15) is 67.3 Å². The lowest BCUT2D eigenvalue weighted by atomic mass is 9.79. The predicted octanol–water partition coefficient (Wildman–Crippen LogP) is 5.23. The van der Waals surface area contributed by atoms with Crippen LogP contribution in [0.2, 0.25) is 5.02 Å². The van der Waals surface area contributed by atoms with Crippen molar-refractivity contribution < 1.29 is 4.39 Å². The van der Waals surface area contributed by atoms with Crippen LogP contribution >= 0.6 is 11.6 Å². The summed E-state index contributed by atoms with van der Waals surface area (Å²) in [6.07, 6.45) is 5.42. The van der Waals surface area contributed by atoms with Crippen molar-refractivity contribution in [3.63, 3.8) is 0 Å². The minimum atomic E-state index is -0.192. The molecule has 5 nitrogen and oxygen atoms in total. The number of nitrogens with zero attached hydrogens (tertiary/aromatic N) is 5. The summed E-state index contributed by atoms with van der Waals surface area (Å²) in [5.74, 6) is 2.29. The zero-order valence-corrected chi connectivity index (χ0v) is 17.8. The van der Waals surface area contributed by atoms with Crippen molar-refractivity contribution in [2.75, 3.05) is 6.54 Å². The number of aromatic nitrogens is 4. The standard InChI is InChI=1S/C23H25ClFN5/c1-2-29-13-17-12-18(24)9-10-20(17)30-21(14-29)27-28-23(30)16-7-5-15(6-8-16)22-19(25)4-3-11-26-22/h3-4,9-12,15-16H,2,5-8,13-14H2,1H3/t15-,16-. The van der Waals surface area contributed by atoms with E-state index in [-0.39, 0.29) is 11.7 Å². The molecule has 0 unspecified atom stereocenters. The lowest BCUT2D eigenvalue weighted by Crippen LogP contribution is -2.21. The Morgan fingerprint density at radius 1 is 1.07 bits per heavy atom. The van der Waals surface area contributed by atoms with Gasteiger partial charge in [0.1, 0.15) is 11.6 Å². The zero-order valence-electron chi connectivity index (χ0n) is 17.1. The SMILES string of the molecule is CCN1Cc2cc(Cl)ccc2-n2c(nnc2[C@H]2CC[C@H](c3ncccc3F)CC2)C1. The van der Waals surface area contributed by atoms with E-state index in [2.05, 4.69) is 43.7 Å². The first-order valence-corrected chi connectivity index (χ1v) is 11.1. The number of fused-ring (bicyclic) bond motifs is 3. The first kappa shape index (κ1) is 19.6. The molecule has 0 saturated heterocycles. The van der Waals surface area contributed by atoms with Crippen LogP contribution in [0.25, 0.3) is 5.69 Å². The Bertz CT molecular complexity index is 1060. The zero-order chi connectivity index (χ0) is 20.7. The summed E-state index contributed by atoms with van der Waals surface area (Å²) in [6.45, 7) is 4.72. The van der Waals surface area contributed by atoms with Crippen molar-refractivity contribution in [3.8, 4) is 5.69 Å². The van der Waals surface area contributed by atoms with E-state index in [4.69, 9.17) is 11.6 Å². The summed E-state index contributed by atoms with van der Waals surface area (Å²) < 4.78 is 16.4. The van der Waals surface area contributed by atoms with Gasteiger partial charge in [-0.05, 0) is 68.1 Å². The molecule has 2 aliphatic rings. The van der Waals surface area contributed by atoms with Gasteiger partial charge >= 0.3 is 0 Å². The molecule has 1 aliphatic carbocycles. The van der Waals surface area contributed by atoms with Crippen molar-refractivity contribution in [3.05, 3.63) is 70.3 Å². The summed E-state index contributed by atoms with van der Waals surface area (Å²) in [5, 5.41) is 9.95. The average molecular weight is 426 g/mol. The van der Waals surface area contributed by atoms with Gasteiger partial charge < -0.3 is 0 Å². The molecule has 3 aromatic rings. The second-order valence-electron chi connectivity index (χ2n) is 8.31. The number of benzene rings is 1. The van der Waals surface area contributed by atoms with Crippen LogP contribution < -0.4 is 0 Å². The maximum atomic E-state index is 14.2. The Kier molecular flexibility index (Phi) is 5.29. The Morgan fingerprint density at radius 3 is 2.63 bits per heavy atom. The number of halogens is 2. The fraction of sp³-hybridized carbons (Fsp3) is 0.435. The van der Waals surface area contributed by atoms with Gasteiger partial charge in [0.2, 0.25) is 0 Å². The minimum Gasteiger partial charge on any atom is -0.292 e. The molecule has 156 valence electrons. The third-order valence-electron chi connectivity index (χ3n) is 6.51. The molecule has 1 fully saturated rings. The highest BCUT2D eigenvalue weighted by atomic mass is 35.5. The highest BCUT2D eigenvalue weighted by Gasteiger charge is 2.31. The Balaban J connectivity index is 1.45. The van der Waals surface area contributed by atoms with Gasteiger partial charge in [0.15, 0.2) is 5.82 Å². The van der Waals surface area contributed by atoms with Crippen molar-refractivity contribution in [1.29, 1.82) is 0 Å². The highest BCUT2D eigenvalue weighted by Crippen LogP contribution is 2.41. The minimum absolute atomic E-state index is 0.177. The molecular weight excluding hydrogens is 401 g/mol. The number of hydrogen-bond acceptors (Lipinski definition) is 4. The van der Waals surface area contributed by atoms with Gasteiger partial charge in [0.25, 0.3) is 0 Å². The van der Waals surface area contributed by atoms with Gasteiger partial charge in [0.05, 0.1) is 17.9 Å². The van der Waals surface area contributed by atoms with E-state index in [9.17, 15) is 4.39 Å². The molecule has 0 radical (unpaired) electrons. The van der Waals surface area contributed by atoms with E-state index < -0.39 is 0 Å². The van der Waals surface area contributed by atoms with Crippen LogP contribution in [0, 0.1) is 5.82 Å². The third kappa shape index (κ3) is 3.52. The monoisotopic (exact) mass is 425 g/mol. The fourth-order valence-corrected chi connectivity index (χ4v) is 5.10. The van der Waals surface area contributed by atoms with Crippen molar-refractivity contribution in [2.24, 2.45) is 0 Å². The summed E-state index contributed by atoms with van der Waals surface area (Å²) in [4.78, 5) is 6.66. The molecule has 7 heteroatoms. The molecule has 2 aromatic heterocycles. The Morgan fingerprint density at radius 2 is 1.87 bits per heavy atom. The fourth-order valence-electron chi connectivity index (χ4n) is 4.90. The Hall–Kier alpha value is -2.31. The molecular formula is C23H25ClFN5. The maximum absolute atomic E-state index is 14.2. The second kappa shape index (κ2) is 8.08. The van der Waals surface area contributed by atoms with E-state index in [1.54, 1.807) is 12.3 Å². The first-order valence-electron chi connectivity index (χ1n) is 10.7. The molecule has 0 bridgehead atoms. The van der Waals surface area contributed by atoms with Crippen molar-refractivity contribution in [1.82, 2.24) is 24.6 Å². The van der Waals surface area contributed by atoms with Gasteiger partial charge in [-0.2, -0.15) is 0 Å². The molecule has 0 spiro atoms. The van der Waals surface area contributed by atoms with Crippen LogP contribution in [-0.4, -0.2) is 31.2 Å². The maximum Gasteiger partial charge on any atom is 0.151 e. The molecule has 3 heterocycles. The largest absolute Gasteiger partial charge is 0.292 e. The van der Waals surface area contributed by atoms with Crippen LogP contribution in [-0.2, 0) is 13.1 Å². The lowest BCUT2D eigenvalue weighted by Gasteiger charge is -2.28. The molecule has 5 rings (SSSR count). The van der Waals surface area contributed by atoms with Gasteiger partial charge in [-0.1, -0.05) is 18.5 Å². The third-order valence-corrected chi connectivity index (χ3v) is 6.74. The molecule has 0 atom stereocenters. The van der Waals surface area contributed by atoms with E-state index in [0.717, 1.165) is 67.7 Å². The van der Waals surface area contributed by atoms with Crippen molar-refractivity contribution in [2.45, 2.75) is 57.5 Å². The van der Waals surface area contributed by atoms with Crippen LogP contribution in [0.3, 0.4) is 0 Å². The van der Waals surface area contributed by atoms with E-state index in [1.165, 1.54) is 11.6 Å². The topological polar surface area (TPSA) is 46.8 Å². The summed E-state index contributed by atoms with van der Waals surface area (Å²) in [5.41, 5.74) is 2.94. The van der Waals surface area contributed by atoms with Gasteiger partial charge in [-0.25, -0.2) is 4.39 Å². The molecule has 30 heavy (non-hydrogen) atoms. The van der Waals surface area contributed by atoms with Crippen LogP contribution in [0.5, 0.6) is 0 Å². The van der Waals surface area contributed by atoms with E-state index in [0.29, 0.717) is 11.6 Å². The normalized spacial score (nSPS) is 21.7. The number of rotatable bonds is 3. The summed E-state index contributed by atoms with van der Waals surface area (Å²) in [7, 11) is 0. The van der Waals surface area contributed by atoms with E-state index >= 15 is 0 Å². The quantitative estimate of drug-likeness (QED) is 0.576. The molecule has 1 aliphatic heterocycles. The highest BCUT2D eigenvalue weighted by molar-refractivity contribution is 6.30. The average Bonchev–Trinajstić information content (AvgIpc) is 3.10. The molecule has 0 N–H and O–H groups in total. The van der Waals surface area contributed by atoms with Crippen molar-refractivity contribution >= 4 is 11.6 Å². The number of hydrogen-bond donors (Lipinski definition) is 0. The first-order chi connectivity index (χ1) is 14.6. The van der Waals surface area contributed by atoms with Gasteiger partial charge in [-0.15, -0.1) is 10.2 Å². The van der Waals surface area contributed by atoms with Crippen LogP contribution in [0.4, 0.5) is 4.39 Å². The van der Waals surface area contributed by atoms with Crippen LogP contribution in [0.15, 0.2) is 36.5 Å². The number of pyridine rings is 1. The molecule has 0 amide bonds. The summed E-state index contributed by atoms with van der Waals surface area (Å²) in [6, 6.07) is 9.24. The Labute approximate surface area is 180 Å². The van der Waals surface area contributed by atoms with Gasteiger partial charge in [-0.3, -0.25) is 14.5 Å². The summed E-state index contributed by atoms with van der Waals surface area (Å²) >= 11 is 6.30. The van der Waals surface area contributed by atoms with Gasteiger partial charge in [0, 0.05) is 29.6 Å². The molecule has 1 saturated carbocycles. The smallest absolute Gasteiger partial charge is 0.151 e. The lowest BCUT2D eigenvalue weighted by molar-refractivity contribution is 0.268.